The Kier molecular flexibility index (Phi) is 3.08. The van der Waals surface area contributed by atoms with Gasteiger partial charge in [0.1, 0.15) is 0 Å². The van der Waals surface area contributed by atoms with E-state index in [0.717, 1.165) is 17.7 Å². The van der Waals surface area contributed by atoms with E-state index < -0.39 is 17.8 Å². The van der Waals surface area contributed by atoms with Crippen molar-refractivity contribution < 1.29 is 14.7 Å². The zero-order valence-corrected chi connectivity index (χ0v) is 11.2. The largest absolute Gasteiger partial charge is 0.481 e. The van der Waals surface area contributed by atoms with E-state index in [1.165, 1.54) is 0 Å². The first-order chi connectivity index (χ1) is 9.56. The summed E-state index contributed by atoms with van der Waals surface area (Å²) in [5, 5.41) is 12.2. The average Bonchev–Trinajstić information content (AvgIpc) is 2.98. The number of rotatable bonds is 3. The number of carboxylic acid groups (broad SMARTS) is 1. The Morgan fingerprint density at radius 2 is 1.90 bits per heavy atom. The maximum atomic E-state index is 12.4. The van der Waals surface area contributed by atoms with E-state index in [1.807, 2.05) is 43.3 Å². The normalized spacial score (nSPS) is 30.4. The summed E-state index contributed by atoms with van der Waals surface area (Å²) in [7, 11) is 0. The second-order valence-electron chi connectivity index (χ2n) is 5.70. The lowest BCUT2D eigenvalue weighted by Crippen LogP contribution is -2.36. The van der Waals surface area contributed by atoms with Crippen molar-refractivity contribution in [3.63, 3.8) is 0 Å². The van der Waals surface area contributed by atoms with Crippen molar-refractivity contribution in [1.82, 2.24) is 0 Å². The van der Waals surface area contributed by atoms with Gasteiger partial charge in [0.05, 0.1) is 11.8 Å². The zero-order chi connectivity index (χ0) is 14.3. The summed E-state index contributed by atoms with van der Waals surface area (Å²) < 4.78 is 0. The van der Waals surface area contributed by atoms with Gasteiger partial charge in [0.2, 0.25) is 5.91 Å². The van der Waals surface area contributed by atoms with Crippen molar-refractivity contribution in [3.05, 3.63) is 42.0 Å². The molecule has 0 saturated heterocycles. The second-order valence-corrected chi connectivity index (χ2v) is 5.70. The van der Waals surface area contributed by atoms with Gasteiger partial charge in [-0.25, -0.2) is 0 Å². The van der Waals surface area contributed by atoms with Crippen LogP contribution in [0.15, 0.2) is 36.4 Å². The first-order valence-electron chi connectivity index (χ1n) is 6.85. The quantitative estimate of drug-likeness (QED) is 0.830. The number of aliphatic carboxylic acids is 1. The molecule has 4 nitrogen and oxygen atoms in total. The van der Waals surface area contributed by atoms with E-state index in [9.17, 15) is 14.7 Å². The first-order valence-corrected chi connectivity index (χ1v) is 6.85. The molecule has 0 aromatic heterocycles. The predicted octanol–water partition coefficient (Wildman–Crippen LogP) is 2.46. The highest BCUT2D eigenvalue weighted by Gasteiger charge is 2.51. The van der Waals surface area contributed by atoms with Crippen LogP contribution in [-0.2, 0) is 9.59 Å². The lowest BCUT2D eigenvalue weighted by atomic mass is 9.82. The van der Waals surface area contributed by atoms with Crippen LogP contribution < -0.4 is 5.32 Å². The molecule has 1 aromatic rings. The monoisotopic (exact) mass is 271 g/mol. The molecular weight excluding hydrogens is 254 g/mol. The Morgan fingerprint density at radius 1 is 1.20 bits per heavy atom. The molecule has 2 aliphatic carbocycles. The van der Waals surface area contributed by atoms with E-state index in [-0.39, 0.29) is 17.7 Å². The number of anilines is 1. The van der Waals surface area contributed by atoms with Crippen LogP contribution in [0, 0.1) is 30.6 Å². The lowest BCUT2D eigenvalue weighted by Gasteiger charge is -2.23. The Bertz CT molecular complexity index is 593. The summed E-state index contributed by atoms with van der Waals surface area (Å²) in [5.41, 5.74) is 1.79. The summed E-state index contributed by atoms with van der Waals surface area (Å²) >= 11 is 0. The molecule has 3 rings (SSSR count). The molecule has 0 heterocycles. The molecule has 1 amide bonds. The van der Waals surface area contributed by atoms with Crippen LogP contribution in [0.3, 0.4) is 0 Å². The number of carbonyl (C=O) groups excluding carboxylic acids is 1. The number of carbonyl (C=O) groups is 2. The van der Waals surface area contributed by atoms with Crippen LogP contribution in [0.1, 0.15) is 12.0 Å². The van der Waals surface area contributed by atoms with Gasteiger partial charge in [0.25, 0.3) is 0 Å². The fourth-order valence-corrected chi connectivity index (χ4v) is 3.46. The van der Waals surface area contributed by atoms with Gasteiger partial charge in [-0.2, -0.15) is 0 Å². The minimum atomic E-state index is -0.869. The minimum absolute atomic E-state index is 0.00533. The van der Waals surface area contributed by atoms with Gasteiger partial charge in [-0.05, 0) is 42.9 Å². The number of benzene rings is 1. The summed E-state index contributed by atoms with van der Waals surface area (Å²) in [5.74, 6) is -2.03. The van der Waals surface area contributed by atoms with Crippen LogP contribution in [0.25, 0.3) is 0 Å². The smallest absolute Gasteiger partial charge is 0.307 e. The molecule has 2 aliphatic rings. The van der Waals surface area contributed by atoms with Crippen molar-refractivity contribution >= 4 is 17.6 Å². The molecule has 0 spiro atoms. The maximum Gasteiger partial charge on any atom is 0.307 e. The molecule has 4 atom stereocenters. The number of fused-ring (bicyclic) bond motifs is 2. The Balaban J connectivity index is 1.80. The zero-order valence-electron chi connectivity index (χ0n) is 11.2. The van der Waals surface area contributed by atoms with Crippen molar-refractivity contribution in [1.29, 1.82) is 0 Å². The van der Waals surface area contributed by atoms with Crippen LogP contribution >= 0.6 is 0 Å². The first kappa shape index (κ1) is 12.9. The summed E-state index contributed by atoms with van der Waals surface area (Å²) in [6, 6.07) is 7.54. The number of amides is 1. The van der Waals surface area contributed by atoms with Crippen LogP contribution in [0.2, 0.25) is 0 Å². The van der Waals surface area contributed by atoms with Gasteiger partial charge >= 0.3 is 5.97 Å². The Hall–Kier alpha value is -2.10. The number of allylic oxidation sites excluding steroid dienone is 2. The second kappa shape index (κ2) is 4.78. The van der Waals surface area contributed by atoms with Gasteiger partial charge in [0, 0.05) is 5.69 Å². The minimum Gasteiger partial charge on any atom is -0.481 e. The number of hydrogen-bond acceptors (Lipinski definition) is 2. The standard InChI is InChI=1S/C16H17NO3/c1-9-3-2-4-12(7-9)17-15(18)13-10-5-6-11(8-10)14(13)16(19)20/h2-7,10-11,13-14H,8H2,1H3,(H,17,18)(H,19,20)/t10-,11-,13+,14+/m0/s1. The van der Waals surface area contributed by atoms with Crippen LogP contribution in [-0.4, -0.2) is 17.0 Å². The fourth-order valence-electron chi connectivity index (χ4n) is 3.46. The molecule has 104 valence electrons. The van der Waals surface area contributed by atoms with Crippen molar-refractivity contribution in [2.75, 3.05) is 5.32 Å². The number of nitrogens with one attached hydrogen (secondary N) is 1. The highest BCUT2D eigenvalue weighted by Crippen LogP contribution is 2.48. The molecule has 1 saturated carbocycles. The maximum absolute atomic E-state index is 12.4. The lowest BCUT2D eigenvalue weighted by molar-refractivity contribution is -0.146. The molecule has 1 fully saturated rings. The third kappa shape index (κ3) is 2.11. The van der Waals surface area contributed by atoms with E-state index in [4.69, 9.17) is 0 Å². The van der Waals surface area contributed by atoms with Gasteiger partial charge in [-0.3, -0.25) is 9.59 Å². The van der Waals surface area contributed by atoms with Crippen LogP contribution in [0.4, 0.5) is 5.69 Å². The predicted molar refractivity (Wildman–Crippen MR) is 75.2 cm³/mol. The third-order valence-electron chi connectivity index (χ3n) is 4.33. The van der Waals surface area contributed by atoms with E-state index in [2.05, 4.69) is 5.32 Å². The van der Waals surface area contributed by atoms with Crippen molar-refractivity contribution in [2.45, 2.75) is 13.3 Å². The third-order valence-corrected chi connectivity index (χ3v) is 4.33. The molecule has 20 heavy (non-hydrogen) atoms. The summed E-state index contributed by atoms with van der Waals surface area (Å²) in [4.78, 5) is 23.8. The van der Waals surface area contributed by atoms with E-state index in [1.54, 1.807) is 0 Å². The van der Waals surface area contributed by atoms with Gasteiger partial charge in [-0.1, -0.05) is 24.3 Å². The average molecular weight is 271 g/mol. The van der Waals surface area contributed by atoms with Crippen molar-refractivity contribution in [2.24, 2.45) is 23.7 Å². The highest BCUT2D eigenvalue weighted by molar-refractivity contribution is 5.96. The molecule has 4 heteroatoms. The number of aryl methyl sites for hydroxylation is 1. The molecule has 0 radical (unpaired) electrons. The number of hydrogen-bond donors (Lipinski definition) is 2. The summed E-state index contributed by atoms with van der Waals surface area (Å²) in [6.45, 7) is 1.95. The SMILES string of the molecule is Cc1cccc(NC(=O)[C@H]2[C@H](C(=O)O)[C@H]3C=C[C@H]2C3)c1. The molecule has 0 aliphatic heterocycles. The molecule has 2 bridgehead atoms. The number of carboxylic acids is 1. The van der Waals surface area contributed by atoms with Crippen molar-refractivity contribution in [3.8, 4) is 0 Å². The summed E-state index contributed by atoms with van der Waals surface area (Å²) in [6.07, 6.45) is 4.72. The fraction of sp³-hybridized carbons (Fsp3) is 0.375. The topological polar surface area (TPSA) is 66.4 Å². The van der Waals surface area contributed by atoms with Gasteiger partial charge < -0.3 is 10.4 Å². The van der Waals surface area contributed by atoms with Crippen LogP contribution in [0.5, 0.6) is 0 Å². The molecule has 0 unspecified atom stereocenters. The Labute approximate surface area is 117 Å². The molecular formula is C16H17NO3. The van der Waals surface area contributed by atoms with Gasteiger partial charge in [0.15, 0.2) is 0 Å². The Morgan fingerprint density at radius 3 is 2.55 bits per heavy atom. The molecule has 1 aromatic carbocycles. The van der Waals surface area contributed by atoms with E-state index >= 15 is 0 Å². The molecule has 2 N–H and O–H groups in total. The highest BCUT2D eigenvalue weighted by atomic mass is 16.4. The van der Waals surface area contributed by atoms with Gasteiger partial charge in [-0.15, -0.1) is 0 Å². The van der Waals surface area contributed by atoms with E-state index in [0.29, 0.717) is 0 Å².